The minimum Gasteiger partial charge on any atom is -0.444 e. The number of nitrogens with zero attached hydrogens (tertiary/aromatic N) is 2. The molecular weight excluding hydrogens is 370 g/mol. The Morgan fingerprint density at radius 2 is 1.76 bits per heavy atom. The Labute approximate surface area is 173 Å². The van der Waals surface area contributed by atoms with Crippen molar-refractivity contribution in [3.8, 4) is 0 Å². The topological polar surface area (TPSA) is 105 Å². The molecule has 1 aromatic rings. The molecule has 2 rings (SSSR count). The Kier molecular flexibility index (Phi) is 9.15. The van der Waals surface area contributed by atoms with Crippen LogP contribution in [-0.2, 0) is 9.53 Å². The van der Waals surface area contributed by atoms with Gasteiger partial charge < -0.3 is 20.7 Å². The van der Waals surface area contributed by atoms with Gasteiger partial charge in [0.05, 0.1) is 5.92 Å². The second-order valence-electron chi connectivity index (χ2n) is 8.49. The summed E-state index contributed by atoms with van der Waals surface area (Å²) in [6, 6.07) is 1.57. The number of ether oxygens (including phenoxy) is 1. The van der Waals surface area contributed by atoms with Crippen molar-refractivity contribution in [2.75, 3.05) is 18.4 Å². The van der Waals surface area contributed by atoms with E-state index in [0.29, 0.717) is 19.0 Å². The predicted molar refractivity (Wildman–Crippen MR) is 112 cm³/mol. The maximum atomic E-state index is 12.8. The van der Waals surface area contributed by atoms with Gasteiger partial charge in [-0.2, -0.15) is 0 Å². The molecule has 2 atom stereocenters. The summed E-state index contributed by atoms with van der Waals surface area (Å²) in [5.41, 5.74) is -0.557. The van der Waals surface area contributed by atoms with Crippen LogP contribution in [0.2, 0.25) is 0 Å². The van der Waals surface area contributed by atoms with E-state index in [-0.39, 0.29) is 17.9 Å². The number of carbonyl (C=O) groups is 2. The number of hydrogen-bond donors (Lipinski definition) is 3. The molecule has 1 heterocycles. The monoisotopic (exact) mass is 405 g/mol. The number of rotatable bonds is 7. The third-order valence-electron chi connectivity index (χ3n) is 4.81. The van der Waals surface area contributed by atoms with Crippen molar-refractivity contribution >= 4 is 17.9 Å². The van der Waals surface area contributed by atoms with Gasteiger partial charge in [0.2, 0.25) is 11.9 Å². The van der Waals surface area contributed by atoms with Crippen molar-refractivity contribution < 1.29 is 14.3 Å². The molecule has 0 saturated heterocycles. The van der Waals surface area contributed by atoms with E-state index in [1.807, 2.05) is 20.8 Å². The van der Waals surface area contributed by atoms with Gasteiger partial charge in [0.15, 0.2) is 0 Å². The molecule has 3 N–H and O–H groups in total. The maximum absolute atomic E-state index is 12.8. The molecule has 1 aliphatic carbocycles. The zero-order valence-corrected chi connectivity index (χ0v) is 17.9. The average Bonchev–Trinajstić information content (AvgIpc) is 2.63. The summed E-state index contributed by atoms with van der Waals surface area (Å²) in [4.78, 5) is 33.3. The highest BCUT2D eigenvalue weighted by Crippen LogP contribution is 2.24. The third kappa shape index (κ3) is 9.11. The van der Waals surface area contributed by atoms with Crippen molar-refractivity contribution in [1.29, 1.82) is 0 Å². The molecule has 0 aromatic carbocycles. The summed E-state index contributed by atoms with van der Waals surface area (Å²) in [6.07, 6.45) is 9.52. The average molecular weight is 406 g/mol. The van der Waals surface area contributed by atoms with Gasteiger partial charge in [-0.25, -0.2) is 14.8 Å². The van der Waals surface area contributed by atoms with Crippen LogP contribution < -0.4 is 16.0 Å². The quantitative estimate of drug-likeness (QED) is 0.601. The van der Waals surface area contributed by atoms with Gasteiger partial charge in [-0.1, -0.05) is 25.7 Å². The number of carbonyl (C=O) groups excluding carboxylic acids is 2. The first-order valence-corrected chi connectivity index (χ1v) is 10.6. The number of hydrogen-bond acceptors (Lipinski definition) is 6. The lowest BCUT2D eigenvalue weighted by molar-refractivity contribution is -0.126. The Bertz CT molecular complexity index is 633. The van der Waals surface area contributed by atoms with Gasteiger partial charge in [-0.3, -0.25) is 4.79 Å². The van der Waals surface area contributed by atoms with Crippen LogP contribution in [0.1, 0.15) is 65.7 Å². The molecule has 8 heteroatoms. The first kappa shape index (κ1) is 22.9. The summed E-state index contributed by atoms with van der Waals surface area (Å²) >= 11 is 0. The van der Waals surface area contributed by atoms with E-state index in [2.05, 4.69) is 25.9 Å². The first-order chi connectivity index (χ1) is 13.8. The number of anilines is 1. The number of alkyl carbamates (subject to hydrolysis) is 1. The minimum atomic E-state index is -0.557. The van der Waals surface area contributed by atoms with Gasteiger partial charge in [-0.15, -0.1) is 0 Å². The Balaban J connectivity index is 1.81. The van der Waals surface area contributed by atoms with E-state index >= 15 is 0 Å². The van der Waals surface area contributed by atoms with Crippen LogP contribution in [0.5, 0.6) is 0 Å². The summed E-state index contributed by atoms with van der Waals surface area (Å²) in [5, 5.41) is 9.10. The summed E-state index contributed by atoms with van der Waals surface area (Å²) in [7, 11) is 0. The Hall–Kier alpha value is -2.38. The Morgan fingerprint density at radius 3 is 2.45 bits per heavy atom. The molecule has 2 amide bonds. The van der Waals surface area contributed by atoms with Crippen molar-refractivity contribution in [3.63, 3.8) is 0 Å². The lowest BCUT2D eigenvalue weighted by Gasteiger charge is -2.30. The van der Waals surface area contributed by atoms with E-state index in [9.17, 15) is 9.59 Å². The standard InChI is InChI=1S/C21H35N5O3/c1-21(2,3)29-20(28)26-17-11-7-5-4-6-10-16(17)18(27)22-12-8-13-23-19-24-14-9-15-25-19/h9,14-17H,4-8,10-13H2,1-3H3,(H,22,27)(H,26,28)(H,23,24,25)/t16-,17+/m0/s1. The molecule has 8 nitrogen and oxygen atoms in total. The molecule has 0 bridgehead atoms. The van der Waals surface area contributed by atoms with Crippen LogP contribution in [0.15, 0.2) is 18.5 Å². The molecule has 1 aromatic heterocycles. The zero-order chi connectivity index (χ0) is 21.1. The second-order valence-corrected chi connectivity index (χ2v) is 8.49. The highest BCUT2D eigenvalue weighted by molar-refractivity contribution is 5.80. The van der Waals surface area contributed by atoms with Gasteiger partial charge in [0.25, 0.3) is 0 Å². The van der Waals surface area contributed by atoms with E-state index in [4.69, 9.17) is 4.74 Å². The molecule has 1 fully saturated rings. The highest BCUT2D eigenvalue weighted by atomic mass is 16.6. The fourth-order valence-electron chi connectivity index (χ4n) is 3.45. The van der Waals surface area contributed by atoms with E-state index < -0.39 is 11.7 Å². The van der Waals surface area contributed by atoms with E-state index in [1.165, 1.54) is 0 Å². The number of aromatic nitrogens is 2. The van der Waals surface area contributed by atoms with Crippen molar-refractivity contribution in [2.45, 2.75) is 77.4 Å². The molecule has 0 unspecified atom stereocenters. The van der Waals surface area contributed by atoms with Crippen LogP contribution in [0.3, 0.4) is 0 Å². The van der Waals surface area contributed by atoms with Gasteiger partial charge in [-0.05, 0) is 46.1 Å². The van der Waals surface area contributed by atoms with Crippen LogP contribution in [0.4, 0.5) is 10.7 Å². The third-order valence-corrected chi connectivity index (χ3v) is 4.81. The summed E-state index contributed by atoms with van der Waals surface area (Å²) in [5.74, 6) is 0.359. The molecule has 0 radical (unpaired) electrons. The zero-order valence-electron chi connectivity index (χ0n) is 17.9. The van der Waals surface area contributed by atoms with E-state index in [0.717, 1.165) is 44.9 Å². The SMILES string of the molecule is CC(C)(C)OC(=O)N[C@@H]1CCCCCC[C@@H]1C(=O)NCCCNc1ncccn1. The van der Waals surface area contributed by atoms with Gasteiger partial charge >= 0.3 is 6.09 Å². The minimum absolute atomic E-state index is 0.00363. The molecule has 0 aliphatic heterocycles. The van der Waals surface area contributed by atoms with Gasteiger partial charge in [0, 0.05) is 31.5 Å². The lowest BCUT2D eigenvalue weighted by Crippen LogP contribution is -2.48. The normalized spacial score (nSPS) is 20.1. The maximum Gasteiger partial charge on any atom is 0.407 e. The lowest BCUT2D eigenvalue weighted by atomic mass is 9.86. The van der Waals surface area contributed by atoms with Crippen LogP contribution >= 0.6 is 0 Å². The number of amides is 2. The second kappa shape index (κ2) is 11.6. The van der Waals surface area contributed by atoms with E-state index in [1.54, 1.807) is 18.5 Å². The molecule has 29 heavy (non-hydrogen) atoms. The van der Waals surface area contributed by atoms with Crippen LogP contribution in [0, 0.1) is 5.92 Å². The highest BCUT2D eigenvalue weighted by Gasteiger charge is 2.31. The molecule has 1 aliphatic rings. The number of nitrogens with one attached hydrogen (secondary N) is 3. The largest absolute Gasteiger partial charge is 0.444 e. The van der Waals surface area contributed by atoms with Crippen molar-refractivity contribution in [2.24, 2.45) is 5.92 Å². The van der Waals surface area contributed by atoms with Crippen molar-refractivity contribution in [3.05, 3.63) is 18.5 Å². The smallest absolute Gasteiger partial charge is 0.407 e. The summed E-state index contributed by atoms with van der Waals surface area (Å²) < 4.78 is 5.39. The fourth-order valence-corrected chi connectivity index (χ4v) is 3.45. The fraction of sp³-hybridized carbons (Fsp3) is 0.714. The molecule has 0 spiro atoms. The summed E-state index contributed by atoms with van der Waals surface area (Å²) in [6.45, 7) is 6.75. The van der Waals surface area contributed by atoms with Crippen LogP contribution in [-0.4, -0.2) is 46.7 Å². The van der Waals surface area contributed by atoms with Crippen LogP contribution in [0.25, 0.3) is 0 Å². The molecule has 1 saturated carbocycles. The Morgan fingerprint density at radius 1 is 1.07 bits per heavy atom. The van der Waals surface area contributed by atoms with Crippen molar-refractivity contribution in [1.82, 2.24) is 20.6 Å². The predicted octanol–water partition coefficient (Wildman–Crippen LogP) is 3.26. The van der Waals surface area contributed by atoms with Gasteiger partial charge in [0.1, 0.15) is 5.60 Å². The first-order valence-electron chi connectivity index (χ1n) is 10.6. The molecular formula is C21H35N5O3. The molecule has 162 valence electrons.